The van der Waals surface area contributed by atoms with Gasteiger partial charge in [0, 0.05) is 6.08 Å². The van der Waals surface area contributed by atoms with Gasteiger partial charge in [-0.15, -0.1) is 0 Å². The van der Waals surface area contributed by atoms with Crippen LogP contribution in [-0.2, 0) is 9.53 Å². The first-order valence-corrected chi connectivity index (χ1v) is 4.39. The fourth-order valence-electron chi connectivity index (χ4n) is 1.21. The quantitative estimate of drug-likeness (QED) is 0.553. The molecule has 0 fully saturated rings. The Kier molecular flexibility index (Phi) is 2.49. The number of hydrogen-bond acceptors (Lipinski definition) is 4. The van der Waals surface area contributed by atoms with E-state index in [-0.39, 0.29) is 5.97 Å². The lowest BCUT2D eigenvalue weighted by molar-refractivity contribution is -0.134. The molecule has 2 aromatic rings. The Labute approximate surface area is 86.2 Å². The van der Waals surface area contributed by atoms with Gasteiger partial charge in [-0.3, -0.25) is 0 Å². The maximum atomic E-state index is 10.9. The van der Waals surface area contributed by atoms with Gasteiger partial charge in [0.25, 0.3) is 0 Å². The average molecular weight is 203 g/mol. The second-order valence-electron chi connectivity index (χ2n) is 2.94. The predicted molar refractivity (Wildman–Crippen MR) is 55.1 cm³/mol. The lowest BCUT2D eigenvalue weighted by Crippen LogP contribution is -1.93. The summed E-state index contributed by atoms with van der Waals surface area (Å²) >= 11 is 0. The van der Waals surface area contributed by atoms with Crippen molar-refractivity contribution in [3.05, 3.63) is 36.2 Å². The molecule has 4 heteroatoms. The Balaban J connectivity index is 2.28. The van der Waals surface area contributed by atoms with E-state index >= 15 is 0 Å². The number of methoxy groups -OCH3 is 1. The first-order chi connectivity index (χ1) is 7.29. The molecule has 0 saturated heterocycles. The highest BCUT2D eigenvalue weighted by molar-refractivity contribution is 5.87. The zero-order valence-corrected chi connectivity index (χ0v) is 8.14. The smallest absolute Gasteiger partial charge is 0.330 e. The van der Waals surface area contributed by atoms with Crippen molar-refractivity contribution in [1.82, 2.24) is 4.98 Å². The molecule has 76 valence electrons. The minimum Gasteiger partial charge on any atom is -0.466 e. The summed E-state index contributed by atoms with van der Waals surface area (Å²) in [5, 5.41) is 0. The van der Waals surface area contributed by atoms with Crippen LogP contribution in [-0.4, -0.2) is 18.1 Å². The van der Waals surface area contributed by atoms with Crippen LogP contribution in [0.25, 0.3) is 17.2 Å². The highest BCUT2D eigenvalue weighted by Crippen LogP contribution is 2.14. The maximum Gasteiger partial charge on any atom is 0.330 e. The van der Waals surface area contributed by atoms with Gasteiger partial charge in [-0.1, -0.05) is 6.07 Å². The maximum absolute atomic E-state index is 10.9. The van der Waals surface area contributed by atoms with Gasteiger partial charge in [0.1, 0.15) is 5.52 Å². The van der Waals surface area contributed by atoms with E-state index in [1.165, 1.54) is 19.6 Å². The lowest BCUT2D eigenvalue weighted by atomic mass is 10.2. The first kappa shape index (κ1) is 9.45. The molecule has 0 radical (unpaired) electrons. The Morgan fingerprint density at radius 1 is 1.53 bits per heavy atom. The molecule has 15 heavy (non-hydrogen) atoms. The van der Waals surface area contributed by atoms with Crippen LogP contribution >= 0.6 is 0 Å². The van der Waals surface area contributed by atoms with Crippen molar-refractivity contribution in [2.24, 2.45) is 0 Å². The zero-order valence-electron chi connectivity index (χ0n) is 8.14. The van der Waals surface area contributed by atoms with Crippen LogP contribution in [0.15, 0.2) is 35.1 Å². The van der Waals surface area contributed by atoms with Crippen LogP contribution in [0.4, 0.5) is 0 Å². The number of benzene rings is 1. The number of aromatic nitrogens is 1. The molecule has 0 aliphatic heterocycles. The summed E-state index contributed by atoms with van der Waals surface area (Å²) in [7, 11) is 1.34. The summed E-state index contributed by atoms with van der Waals surface area (Å²) < 4.78 is 9.58. The van der Waals surface area contributed by atoms with Crippen LogP contribution in [0, 0.1) is 0 Å². The molecule has 0 amide bonds. The second kappa shape index (κ2) is 3.96. The fourth-order valence-corrected chi connectivity index (χ4v) is 1.21. The molecular formula is C11H9NO3. The third-order valence-corrected chi connectivity index (χ3v) is 1.97. The summed E-state index contributed by atoms with van der Waals surface area (Å²) in [5.74, 6) is -0.379. The van der Waals surface area contributed by atoms with E-state index in [0.717, 1.165) is 16.7 Å². The van der Waals surface area contributed by atoms with E-state index in [1.54, 1.807) is 12.1 Å². The normalized spacial score (nSPS) is 11.0. The van der Waals surface area contributed by atoms with Gasteiger partial charge in [0.15, 0.2) is 12.0 Å². The molecule has 1 aromatic heterocycles. The summed E-state index contributed by atoms with van der Waals surface area (Å²) in [6, 6.07) is 5.48. The number of rotatable bonds is 2. The Morgan fingerprint density at radius 2 is 2.40 bits per heavy atom. The van der Waals surface area contributed by atoms with Crippen molar-refractivity contribution in [1.29, 1.82) is 0 Å². The molecule has 0 unspecified atom stereocenters. The van der Waals surface area contributed by atoms with Crippen molar-refractivity contribution in [3.8, 4) is 0 Å². The molecule has 0 bridgehead atoms. The molecule has 0 aliphatic carbocycles. The lowest BCUT2D eigenvalue weighted by Gasteiger charge is -1.92. The first-order valence-electron chi connectivity index (χ1n) is 4.39. The number of nitrogens with zero attached hydrogens (tertiary/aromatic N) is 1. The van der Waals surface area contributed by atoms with Gasteiger partial charge in [-0.25, -0.2) is 9.78 Å². The third-order valence-electron chi connectivity index (χ3n) is 1.97. The second-order valence-corrected chi connectivity index (χ2v) is 2.94. The van der Waals surface area contributed by atoms with E-state index < -0.39 is 0 Å². The predicted octanol–water partition coefficient (Wildman–Crippen LogP) is 2.01. The van der Waals surface area contributed by atoms with Crippen LogP contribution < -0.4 is 0 Å². The average Bonchev–Trinajstić information content (AvgIpc) is 2.72. The number of fused-ring (bicyclic) bond motifs is 1. The Hall–Kier alpha value is -2.10. The van der Waals surface area contributed by atoms with Crippen molar-refractivity contribution in [3.63, 3.8) is 0 Å². The SMILES string of the molecule is COC(=O)C=Cc1ccc2ocnc2c1. The Bertz CT molecular complexity index is 513. The molecule has 0 atom stereocenters. The monoisotopic (exact) mass is 203 g/mol. The topological polar surface area (TPSA) is 52.3 Å². The van der Waals surface area contributed by atoms with E-state index in [2.05, 4.69) is 9.72 Å². The van der Waals surface area contributed by atoms with Crippen LogP contribution in [0.1, 0.15) is 5.56 Å². The van der Waals surface area contributed by atoms with Gasteiger partial charge in [-0.05, 0) is 23.8 Å². The number of carbonyl (C=O) groups is 1. The molecule has 1 aromatic carbocycles. The van der Waals surface area contributed by atoms with Gasteiger partial charge in [0.05, 0.1) is 7.11 Å². The van der Waals surface area contributed by atoms with E-state index in [4.69, 9.17) is 4.42 Å². The van der Waals surface area contributed by atoms with E-state index in [9.17, 15) is 4.79 Å². The highest BCUT2D eigenvalue weighted by Gasteiger charge is 1.98. The standard InChI is InChI=1S/C11H9NO3/c1-14-11(13)5-3-8-2-4-10-9(6-8)12-7-15-10/h2-7H,1H3. The summed E-state index contributed by atoms with van der Waals surface area (Å²) in [4.78, 5) is 14.9. The molecule has 0 N–H and O–H groups in total. The summed E-state index contributed by atoms with van der Waals surface area (Å²) in [6.07, 6.45) is 4.42. The number of carbonyl (C=O) groups excluding carboxylic acids is 1. The van der Waals surface area contributed by atoms with Crippen molar-refractivity contribution in [2.75, 3.05) is 7.11 Å². The molecule has 2 rings (SSSR count). The van der Waals surface area contributed by atoms with Crippen molar-refractivity contribution >= 4 is 23.1 Å². The van der Waals surface area contributed by atoms with Crippen LogP contribution in [0.2, 0.25) is 0 Å². The summed E-state index contributed by atoms with van der Waals surface area (Å²) in [6.45, 7) is 0. The minimum absolute atomic E-state index is 0.379. The molecular weight excluding hydrogens is 194 g/mol. The number of oxazole rings is 1. The minimum atomic E-state index is -0.379. The molecule has 0 aliphatic rings. The number of hydrogen-bond donors (Lipinski definition) is 0. The largest absolute Gasteiger partial charge is 0.466 e. The van der Waals surface area contributed by atoms with E-state index in [1.807, 2.05) is 12.1 Å². The van der Waals surface area contributed by atoms with Crippen LogP contribution in [0.5, 0.6) is 0 Å². The van der Waals surface area contributed by atoms with Gasteiger partial charge < -0.3 is 9.15 Å². The van der Waals surface area contributed by atoms with Crippen LogP contribution in [0.3, 0.4) is 0 Å². The third kappa shape index (κ3) is 2.04. The Morgan fingerprint density at radius 3 is 3.20 bits per heavy atom. The molecule has 0 spiro atoms. The number of esters is 1. The van der Waals surface area contributed by atoms with E-state index in [0.29, 0.717) is 0 Å². The zero-order chi connectivity index (χ0) is 10.7. The summed E-state index contributed by atoms with van der Waals surface area (Å²) in [5.41, 5.74) is 2.37. The molecule has 4 nitrogen and oxygen atoms in total. The van der Waals surface area contributed by atoms with Crippen molar-refractivity contribution < 1.29 is 13.9 Å². The fraction of sp³-hybridized carbons (Fsp3) is 0.0909. The van der Waals surface area contributed by atoms with Gasteiger partial charge >= 0.3 is 5.97 Å². The van der Waals surface area contributed by atoms with Gasteiger partial charge in [0.2, 0.25) is 0 Å². The van der Waals surface area contributed by atoms with Crippen molar-refractivity contribution in [2.45, 2.75) is 0 Å². The number of ether oxygens (including phenoxy) is 1. The highest BCUT2D eigenvalue weighted by atomic mass is 16.5. The molecule has 1 heterocycles. The molecule has 0 saturated carbocycles. The van der Waals surface area contributed by atoms with Gasteiger partial charge in [-0.2, -0.15) is 0 Å².